The van der Waals surface area contributed by atoms with Gasteiger partial charge in [-0.15, -0.1) is 0 Å². The summed E-state index contributed by atoms with van der Waals surface area (Å²) < 4.78 is 5.37. The van der Waals surface area contributed by atoms with Crippen LogP contribution in [0.15, 0.2) is 5.10 Å². The third kappa shape index (κ3) is 2.69. The van der Waals surface area contributed by atoms with E-state index in [9.17, 15) is 0 Å². The zero-order chi connectivity index (χ0) is 8.93. The maximum Gasteiger partial charge on any atom is 0.0684 e. The lowest BCUT2D eigenvalue weighted by molar-refractivity contribution is 0.0709. The van der Waals surface area contributed by atoms with Gasteiger partial charge < -0.3 is 10.2 Å². The summed E-state index contributed by atoms with van der Waals surface area (Å²) in [5.74, 6) is 0. The van der Waals surface area contributed by atoms with Crippen molar-refractivity contribution in [2.24, 2.45) is 5.10 Å². The molecule has 1 N–H and O–H groups in total. The largest absolute Gasteiger partial charge is 0.379 e. The van der Waals surface area contributed by atoms with Crippen LogP contribution < -0.4 is 5.43 Å². The van der Waals surface area contributed by atoms with Gasteiger partial charge in [0, 0.05) is 12.3 Å². The SMILES string of the molecule is C1CCC(=NNC2CCCOC2)C1. The molecule has 13 heavy (non-hydrogen) atoms. The molecule has 1 aliphatic carbocycles. The molecular weight excluding hydrogens is 164 g/mol. The average Bonchev–Trinajstić information content (AvgIpc) is 2.69. The van der Waals surface area contributed by atoms with E-state index in [0.717, 1.165) is 13.2 Å². The Morgan fingerprint density at radius 1 is 1.23 bits per heavy atom. The topological polar surface area (TPSA) is 33.6 Å². The summed E-state index contributed by atoms with van der Waals surface area (Å²) in [6.45, 7) is 1.76. The molecule has 0 radical (unpaired) electrons. The lowest BCUT2D eigenvalue weighted by Gasteiger charge is -2.21. The predicted octanol–water partition coefficient (Wildman–Crippen LogP) is 1.69. The van der Waals surface area contributed by atoms with Gasteiger partial charge in [0.25, 0.3) is 0 Å². The summed E-state index contributed by atoms with van der Waals surface area (Å²) in [6, 6.07) is 0.460. The summed E-state index contributed by atoms with van der Waals surface area (Å²) in [7, 11) is 0. The Labute approximate surface area is 79.5 Å². The van der Waals surface area contributed by atoms with Crippen molar-refractivity contribution in [3.63, 3.8) is 0 Å². The summed E-state index contributed by atoms with van der Waals surface area (Å²) in [4.78, 5) is 0. The highest BCUT2D eigenvalue weighted by Gasteiger charge is 2.13. The maximum absolute atomic E-state index is 5.37. The molecule has 2 fully saturated rings. The highest BCUT2D eigenvalue weighted by atomic mass is 16.5. The quantitative estimate of drug-likeness (QED) is 0.659. The van der Waals surface area contributed by atoms with Gasteiger partial charge in [-0.25, -0.2) is 0 Å². The Balaban J connectivity index is 1.73. The molecular formula is C10H18N2O. The van der Waals surface area contributed by atoms with Crippen LogP contribution in [0.2, 0.25) is 0 Å². The number of hydrogen-bond acceptors (Lipinski definition) is 3. The Morgan fingerprint density at radius 2 is 2.08 bits per heavy atom. The van der Waals surface area contributed by atoms with E-state index in [1.54, 1.807) is 0 Å². The van der Waals surface area contributed by atoms with E-state index in [4.69, 9.17) is 4.74 Å². The van der Waals surface area contributed by atoms with Crippen LogP contribution in [0.4, 0.5) is 0 Å². The predicted molar refractivity (Wildman–Crippen MR) is 52.9 cm³/mol. The van der Waals surface area contributed by atoms with Crippen molar-refractivity contribution in [1.82, 2.24) is 5.43 Å². The maximum atomic E-state index is 5.37. The molecule has 3 heteroatoms. The Morgan fingerprint density at radius 3 is 2.77 bits per heavy atom. The fourth-order valence-corrected chi connectivity index (χ4v) is 1.92. The molecule has 3 nitrogen and oxygen atoms in total. The average molecular weight is 182 g/mol. The lowest BCUT2D eigenvalue weighted by Crippen LogP contribution is -2.34. The van der Waals surface area contributed by atoms with E-state index in [1.165, 1.54) is 44.2 Å². The summed E-state index contributed by atoms with van der Waals surface area (Å²) in [6.07, 6.45) is 7.41. The van der Waals surface area contributed by atoms with Gasteiger partial charge in [0.05, 0.1) is 12.6 Å². The molecule has 1 saturated heterocycles. The number of nitrogens with one attached hydrogen (secondary N) is 1. The fraction of sp³-hybridized carbons (Fsp3) is 0.900. The number of nitrogens with zero attached hydrogens (tertiary/aromatic N) is 1. The molecule has 1 saturated carbocycles. The lowest BCUT2D eigenvalue weighted by atomic mass is 10.1. The van der Waals surface area contributed by atoms with Crippen LogP contribution in [-0.2, 0) is 4.74 Å². The first kappa shape index (κ1) is 9.00. The highest BCUT2D eigenvalue weighted by Crippen LogP contribution is 2.14. The monoisotopic (exact) mass is 182 g/mol. The minimum absolute atomic E-state index is 0.460. The van der Waals surface area contributed by atoms with Crippen molar-refractivity contribution >= 4 is 5.71 Å². The molecule has 2 aliphatic rings. The van der Waals surface area contributed by atoms with Crippen LogP contribution in [0.25, 0.3) is 0 Å². The van der Waals surface area contributed by atoms with Crippen LogP contribution in [-0.4, -0.2) is 25.0 Å². The fourth-order valence-electron chi connectivity index (χ4n) is 1.92. The van der Waals surface area contributed by atoms with Crippen molar-refractivity contribution < 1.29 is 4.74 Å². The molecule has 1 atom stereocenters. The standard InChI is InChI=1S/C10H18N2O/c1-2-5-9(4-1)11-12-10-6-3-7-13-8-10/h10,12H,1-8H2. The minimum Gasteiger partial charge on any atom is -0.379 e. The van der Waals surface area contributed by atoms with E-state index in [-0.39, 0.29) is 0 Å². The zero-order valence-electron chi connectivity index (χ0n) is 8.09. The van der Waals surface area contributed by atoms with Gasteiger partial charge in [-0.3, -0.25) is 0 Å². The van der Waals surface area contributed by atoms with Crippen molar-refractivity contribution in [2.45, 2.75) is 44.6 Å². The van der Waals surface area contributed by atoms with Gasteiger partial charge in [0.15, 0.2) is 0 Å². The van der Waals surface area contributed by atoms with E-state index < -0.39 is 0 Å². The first-order chi connectivity index (χ1) is 6.45. The van der Waals surface area contributed by atoms with E-state index >= 15 is 0 Å². The van der Waals surface area contributed by atoms with Crippen molar-refractivity contribution in [2.75, 3.05) is 13.2 Å². The molecule has 1 heterocycles. The van der Waals surface area contributed by atoms with Gasteiger partial charge in [0.1, 0.15) is 0 Å². The Bertz CT molecular complexity index is 177. The Kier molecular flexibility index (Phi) is 3.19. The van der Waals surface area contributed by atoms with Crippen LogP contribution >= 0.6 is 0 Å². The van der Waals surface area contributed by atoms with Gasteiger partial charge in [-0.1, -0.05) is 0 Å². The van der Waals surface area contributed by atoms with Crippen LogP contribution in [0.3, 0.4) is 0 Å². The third-order valence-electron chi connectivity index (χ3n) is 2.75. The molecule has 0 amide bonds. The molecule has 74 valence electrons. The molecule has 2 rings (SSSR count). The zero-order valence-corrected chi connectivity index (χ0v) is 8.09. The Hall–Kier alpha value is -0.570. The molecule has 1 unspecified atom stereocenters. The molecule has 0 bridgehead atoms. The third-order valence-corrected chi connectivity index (χ3v) is 2.75. The first-order valence-electron chi connectivity index (χ1n) is 5.34. The number of rotatable bonds is 2. The summed E-state index contributed by atoms with van der Waals surface area (Å²) >= 11 is 0. The van der Waals surface area contributed by atoms with Gasteiger partial charge in [0.2, 0.25) is 0 Å². The molecule has 1 aliphatic heterocycles. The minimum atomic E-state index is 0.460. The highest BCUT2D eigenvalue weighted by molar-refractivity contribution is 5.85. The summed E-state index contributed by atoms with van der Waals surface area (Å²) in [5, 5.41) is 4.43. The number of hydrazone groups is 1. The summed E-state index contributed by atoms with van der Waals surface area (Å²) in [5.41, 5.74) is 4.58. The van der Waals surface area contributed by atoms with E-state index in [1.807, 2.05) is 0 Å². The first-order valence-corrected chi connectivity index (χ1v) is 5.34. The number of hydrogen-bond donors (Lipinski definition) is 1. The van der Waals surface area contributed by atoms with Crippen LogP contribution in [0, 0.1) is 0 Å². The molecule has 0 aromatic rings. The van der Waals surface area contributed by atoms with Crippen molar-refractivity contribution in [3.8, 4) is 0 Å². The van der Waals surface area contributed by atoms with E-state index in [2.05, 4.69) is 10.5 Å². The number of ether oxygens (including phenoxy) is 1. The van der Waals surface area contributed by atoms with Crippen LogP contribution in [0.1, 0.15) is 38.5 Å². The van der Waals surface area contributed by atoms with Gasteiger partial charge in [-0.2, -0.15) is 5.10 Å². The molecule has 0 spiro atoms. The van der Waals surface area contributed by atoms with Gasteiger partial charge >= 0.3 is 0 Å². The molecule has 0 aromatic heterocycles. The second-order valence-corrected chi connectivity index (χ2v) is 3.93. The van der Waals surface area contributed by atoms with Crippen LogP contribution in [0.5, 0.6) is 0 Å². The van der Waals surface area contributed by atoms with Crippen molar-refractivity contribution in [1.29, 1.82) is 0 Å². The van der Waals surface area contributed by atoms with E-state index in [0.29, 0.717) is 6.04 Å². The molecule has 0 aromatic carbocycles. The smallest absolute Gasteiger partial charge is 0.0684 e. The van der Waals surface area contributed by atoms with Crippen molar-refractivity contribution in [3.05, 3.63) is 0 Å². The second kappa shape index (κ2) is 4.61. The normalized spacial score (nSPS) is 28.9. The second-order valence-electron chi connectivity index (χ2n) is 3.93. The van der Waals surface area contributed by atoms with Gasteiger partial charge in [-0.05, 0) is 38.5 Å².